The van der Waals surface area contributed by atoms with Crippen LogP contribution in [0.2, 0.25) is 0 Å². The van der Waals surface area contributed by atoms with Crippen LogP contribution >= 0.6 is 0 Å². The Morgan fingerprint density at radius 2 is 1.70 bits per heavy atom. The third kappa shape index (κ3) is 5.81. The summed E-state index contributed by atoms with van der Waals surface area (Å²) in [5.41, 5.74) is 2.49. The van der Waals surface area contributed by atoms with Gasteiger partial charge in [0.2, 0.25) is 0 Å². The Kier molecular flexibility index (Phi) is 6.85. The minimum Gasteiger partial charge on any atom is -0.484 e. The van der Waals surface area contributed by atoms with Crippen LogP contribution in [0.25, 0.3) is 0 Å². The molecule has 3 rings (SSSR count). The van der Waals surface area contributed by atoms with Gasteiger partial charge in [0.1, 0.15) is 5.75 Å². The molecule has 5 heteroatoms. The number of piperazine rings is 1. The minimum atomic E-state index is -0.0925. The fourth-order valence-electron chi connectivity index (χ4n) is 3.31. The van der Waals surface area contributed by atoms with Gasteiger partial charge < -0.3 is 15.0 Å². The van der Waals surface area contributed by atoms with Gasteiger partial charge in [-0.1, -0.05) is 48.0 Å². The summed E-state index contributed by atoms with van der Waals surface area (Å²) >= 11 is 0. The molecule has 144 valence electrons. The zero-order valence-electron chi connectivity index (χ0n) is 16.2. The van der Waals surface area contributed by atoms with Crippen molar-refractivity contribution in [1.29, 1.82) is 0 Å². The van der Waals surface area contributed by atoms with Gasteiger partial charge in [-0.05, 0) is 31.7 Å². The fraction of sp³-hybridized carbons (Fsp3) is 0.409. The Morgan fingerprint density at radius 3 is 2.37 bits per heavy atom. The zero-order valence-corrected chi connectivity index (χ0v) is 16.2. The van der Waals surface area contributed by atoms with Crippen molar-refractivity contribution in [3.05, 3.63) is 65.7 Å². The molecule has 1 fully saturated rings. The highest BCUT2D eigenvalue weighted by Gasteiger charge is 2.24. The number of carbonyl (C=O) groups is 1. The van der Waals surface area contributed by atoms with Crippen LogP contribution in [0.15, 0.2) is 54.6 Å². The van der Waals surface area contributed by atoms with Gasteiger partial charge in [0, 0.05) is 32.7 Å². The molecule has 2 aromatic rings. The molecule has 1 heterocycles. The van der Waals surface area contributed by atoms with Gasteiger partial charge >= 0.3 is 0 Å². The number of carbonyl (C=O) groups excluding carboxylic acids is 1. The van der Waals surface area contributed by atoms with Crippen molar-refractivity contribution in [2.75, 3.05) is 46.4 Å². The summed E-state index contributed by atoms with van der Waals surface area (Å²) in [6.07, 6.45) is 0. The van der Waals surface area contributed by atoms with Crippen LogP contribution in [0.4, 0.5) is 0 Å². The molecule has 5 nitrogen and oxygen atoms in total. The molecule has 0 aliphatic carbocycles. The molecule has 1 aliphatic heterocycles. The highest BCUT2D eigenvalue weighted by Crippen LogP contribution is 2.22. The van der Waals surface area contributed by atoms with E-state index in [0.29, 0.717) is 12.3 Å². The smallest absolute Gasteiger partial charge is 0.258 e. The summed E-state index contributed by atoms with van der Waals surface area (Å²) in [6.45, 7) is 6.83. The van der Waals surface area contributed by atoms with E-state index < -0.39 is 0 Å². The number of hydrogen-bond acceptors (Lipinski definition) is 4. The van der Waals surface area contributed by atoms with Crippen LogP contribution < -0.4 is 10.1 Å². The number of rotatable bonds is 7. The highest BCUT2D eigenvalue weighted by atomic mass is 16.5. The largest absolute Gasteiger partial charge is 0.484 e. The Morgan fingerprint density at radius 1 is 1.04 bits per heavy atom. The Balaban J connectivity index is 1.59. The van der Waals surface area contributed by atoms with E-state index >= 15 is 0 Å². The Labute approximate surface area is 161 Å². The monoisotopic (exact) mass is 367 g/mol. The molecule has 0 bridgehead atoms. The topological polar surface area (TPSA) is 44.8 Å². The molecular formula is C22H29N3O2. The SMILES string of the molecule is Cc1ccc([C@@H](CNC(=O)COc2ccccc2)N2CCN(C)CC2)cc1. The van der Waals surface area contributed by atoms with Gasteiger partial charge in [-0.2, -0.15) is 0 Å². The number of para-hydroxylation sites is 1. The number of nitrogens with zero attached hydrogens (tertiary/aromatic N) is 2. The first-order valence-corrected chi connectivity index (χ1v) is 9.55. The van der Waals surface area contributed by atoms with E-state index in [4.69, 9.17) is 4.74 Å². The van der Waals surface area contributed by atoms with E-state index in [9.17, 15) is 4.79 Å². The first-order valence-electron chi connectivity index (χ1n) is 9.55. The molecule has 0 unspecified atom stereocenters. The van der Waals surface area contributed by atoms with E-state index in [1.54, 1.807) is 0 Å². The molecule has 0 aromatic heterocycles. The maximum atomic E-state index is 12.3. The van der Waals surface area contributed by atoms with E-state index in [1.807, 2.05) is 30.3 Å². The summed E-state index contributed by atoms with van der Waals surface area (Å²) in [7, 11) is 2.15. The zero-order chi connectivity index (χ0) is 19.1. The van der Waals surface area contributed by atoms with Gasteiger partial charge in [-0.25, -0.2) is 0 Å². The summed E-state index contributed by atoms with van der Waals surface area (Å²) in [4.78, 5) is 17.1. The lowest BCUT2D eigenvalue weighted by Crippen LogP contribution is -2.48. The molecule has 0 saturated carbocycles. The van der Waals surface area contributed by atoms with Crippen LogP contribution in [0.3, 0.4) is 0 Å². The number of aryl methyl sites for hydroxylation is 1. The van der Waals surface area contributed by atoms with Crippen molar-refractivity contribution < 1.29 is 9.53 Å². The molecule has 27 heavy (non-hydrogen) atoms. The first kappa shape index (κ1) is 19.4. The number of ether oxygens (including phenoxy) is 1. The lowest BCUT2D eigenvalue weighted by molar-refractivity contribution is -0.123. The molecule has 0 radical (unpaired) electrons. The van der Waals surface area contributed by atoms with Crippen LogP contribution in [0.1, 0.15) is 17.2 Å². The van der Waals surface area contributed by atoms with E-state index in [2.05, 4.69) is 53.4 Å². The standard InChI is InChI=1S/C22H29N3O2/c1-18-8-10-19(11-9-18)21(25-14-12-24(2)13-15-25)16-23-22(26)17-27-20-6-4-3-5-7-20/h3-11,21H,12-17H2,1-2H3,(H,23,26)/t21-/m1/s1. The second kappa shape index (κ2) is 9.53. The number of benzene rings is 2. The Hall–Kier alpha value is -2.37. The highest BCUT2D eigenvalue weighted by molar-refractivity contribution is 5.77. The van der Waals surface area contributed by atoms with Crippen molar-refractivity contribution in [1.82, 2.24) is 15.1 Å². The van der Waals surface area contributed by atoms with Crippen molar-refractivity contribution in [3.63, 3.8) is 0 Å². The molecule has 1 amide bonds. The van der Waals surface area contributed by atoms with Gasteiger partial charge in [-0.3, -0.25) is 9.69 Å². The van der Waals surface area contributed by atoms with Gasteiger partial charge in [0.25, 0.3) is 5.91 Å². The lowest BCUT2D eigenvalue weighted by atomic mass is 10.0. The molecule has 1 atom stereocenters. The Bertz CT molecular complexity index is 710. The number of nitrogens with one attached hydrogen (secondary N) is 1. The summed E-state index contributed by atoms with van der Waals surface area (Å²) in [6, 6.07) is 18.2. The average molecular weight is 367 g/mol. The van der Waals surface area contributed by atoms with Crippen molar-refractivity contribution in [2.45, 2.75) is 13.0 Å². The van der Waals surface area contributed by atoms with Gasteiger partial charge in [-0.15, -0.1) is 0 Å². The summed E-state index contributed by atoms with van der Waals surface area (Å²) in [5.74, 6) is 0.617. The molecule has 1 saturated heterocycles. The number of hydrogen-bond donors (Lipinski definition) is 1. The van der Waals surface area contributed by atoms with Crippen LogP contribution in [0, 0.1) is 6.92 Å². The fourth-order valence-corrected chi connectivity index (χ4v) is 3.31. The van der Waals surface area contributed by atoms with Crippen molar-refractivity contribution >= 4 is 5.91 Å². The average Bonchev–Trinajstić information content (AvgIpc) is 2.70. The van der Waals surface area contributed by atoms with Gasteiger partial charge in [0.05, 0.1) is 6.04 Å². The van der Waals surface area contributed by atoms with Crippen molar-refractivity contribution in [3.8, 4) is 5.75 Å². The van der Waals surface area contributed by atoms with Crippen LogP contribution in [-0.2, 0) is 4.79 Å². The van der Waals surface area contributed by atoms with Crippen LogP contribution in [-0.4, -0.2) is 62.1 Å². The summed E-state index contributed by atoms with van der Waals surface area (Å²) in [5, 5.41) is 3.06. The normalized spacial score (nSPS) is 16.7. The molecule has 1 N–H and O–H groups in total. The van der Waals surface area contributed by atoms with E-state index in [1.165, 1.54) is 11.1 Å². The molecule has 0 spiro atoms. The number of amides is 1. The molecule has 1 aliphatic rings. The third-order valence-corrected chi connectivity index (χ3v) is 5.05. The quantitative estimate of drug-likeness (QED) is 0.817. The summed E-state index contributed by atoms with van der Waals surface area (Å²) < 4.78 is 5.55. The first-order chi connectivity index (χ1) is 13.1. The molecule has 2 aromatic carbocycles. The van der Waals surface area contributed by atoms with Crippen molar-refractivity contribution in [2.24, 2.45) is 0 Å². The molecular weight excluding hydrogens is 338 g/mol. The second-order valence-electron chi connectivity index (χ2n) is 7.17. The van der Waals surface area contributed by atoms with E-state index in [-0.39, 0.29) is 18.6 Å². The third-order valence-electron chi connectivity index (χ3n) is 5.05. The minimum absolute atomic E-state index is 0.0351. The maximum absolute atomic E-state index is 12.3. The van der Waals surface area contributed by atoms with Crippen LogP contribution in [0.5, 0.6) is 5.75 Å². The maximum Gasteiger partial charge on any atom is 0.258 e. The lowest BCUT2D eigenvalue weighted by Gasteiger charge is -2.38. The predicted octanol–water partition coefficient (Wildman–Crippen LogP) is 2.48. The van der Waals surface area contributed by atoms with Gasteiger partial charge in [0.15, 0.2) is 6.61 Å². The predicted molar refractivity (Wildman–Crippen MR) is 108 cm³/mol. The number of likely N-dealkylation sites (N-methyl/N-ethyl adjacent to an activating group) is 1. The van der Waals surface area contributed by atoms with E-state index in [0.717, 1.165) is 26.2 Å². The second-order valence-corrected chi connectivity index (χ2v) is 7.17.